The Labute approximate surface area is 223 Å². The highest BCUT2D eigenvalue weighted by molar-refractivity contribution is 7.11. The van der Waals surface area contributed by atoms with E-state index in [9.17, 15) is 19.5 Å². The van der Waals surface area contributed by atoms with Crippen LogP contribution in [0.25, 0.3) is 5.57 Å². The fraction of sp³-hybridized carbons (Fsp3) is 0.643. The van der Waals surface area contributed by atoms with Gasteiger partial charge in [-0.15, -0.1) is 11.3 Å². The molecule has 202 valence electrons. The van der Waals surface area contributed by atoms with E-state index >= 15 is 0 Å². The highest BCUT2D eigenvalue weighted by Gasteiger charge is 2.45. The number of thiazole rings is 1. The minimum absolute atomic E-state index is 0.0565. The monoisotopic (exact) mass is 528 g/mol. The summed E-state index contributed by atoms with van der Waals surface area (Å²) in [5.74, 6) is -0.554. The summed E-state index contributed by atoms with van der Waals surface area (Å²) < 4.78 is 0. The molecule has 3 aliphatic rings. The molecule has 4 atom stereocenters. The van der Waals surface area contributed by atoms with Crippen molar-refractivity contribution >= 4 is 34.6 Å². The van der Waals surface area contributed by atoms with Crippen LogP contribution < -0.4 is 10.6 Å². The molecular formula is C28H40N4O4S. The molecular weight excluding hydrogens is 488 g/mol. The van der Waals surface area contributed by atoms with Crippen LogP contribution in [0.15, 0.2) is 23.7 Å². The maximum Gasteiger partial charge on any atom is 0.246 e. The molecule has 0 radical (unpaired) electrons. The lowest BCUT2D eigenvalue weighted by Gasteiger charge is -2.36. The van der Waals surface area contributed by atoms with Crippen LogP contribution in [-0.4, -0.2) is 64.0 Å². The van der Waals surface area contributed by atoms with E-state index in [1.807, 2.05) is 33.2 Å². The van der Waals surface area contributed by atoms with Crippen molar-refractivity contribution in [1.82, 2.24) is 20.5 Å². The number of carbonyl (C=O) groups excluding carboxylic acids is 3. The van der Waals surface area contributed by atoms with Gasteiger partial charge in [0.15, 0.2) is 0 Å². The first-order chi connectivity index (χ1) is 17.5. The van der Waals surface area contributed by atoms with Gasteiger partial charge in [-0.1, -0.05) is 51.8 Å². The molecule has 3 amide bonds. The lowest BCUT2D eigenvalue weighted by Crippen LogP contribution is -2.58. The van der Waals surface area contributed by atoms with E-state index in [2.05, 4.69) is 33.8 Å². The Kier molecular flexibility index (Phi) is 8.53. The van der Waals surface area contributed by atoms with Crippen molar-refractivity contribution in [3.8, 4) is 0 Å². The van der Waals surface area contributed by atoms with Crippen LogP contribution in [0.5, 0.6) is 0 Å². The Hall–Kier alpha value is -2.52. The predicted octanol–water partition coefficient (Wildman–Crippen LogP) is 3.21. The lowest BCUT2D eigenvalue weighted by atomic mass is 9.85. The highest BCUT2D eigenvalue weighted by Crippen LogP contribution is 2.30. The fourth-order valence-corrected chi connectivity index (χ4v) is 6.31. The van der Waals surface area contributed by atoms with Crippen molar-refractivity contribution < 1.29 is 19.5 Å². The maximum absolute atomic E-state index is 13.7. The third-order valence-electron chi connectivity index (χ3n) is 7.72. The summed E-state index contributed by atoms with van der Waals surface area (Å²) in [5.41, 5.74) is 3.49. The molecule has 2 heterocycles. The minimum atomic E-state index is -0.770. The number of aliphatic hydroxyl groups excluding tert-OH is 1. The third-order valence-corrected chi connectivity index (χ3v) is 8.70. The summed E-state index contributed by atoms with van der Waals surface area (Å²) in [5, 5.41) is 16.4. The summed E-state index contributed by atoms with van der Waals surface area (Å²) >= 11 is 1.62. The summed E-state index contributed by atoms with van der Waals surface area (Å²) in [6.07, 6.45) is 10.4. The third kappa shape index (κ3) is 6.49. The molecule has 8 nitrogen and oxygen atoms in total. The molecule has 4 rings (SSSR count). The van der Waals surface area contributed by atoms with E-state index in [-0.39, 0.29) is 42.5 Å². The zero-order chi connectivity index (χ0) is 26.7. The molecule has 0 bridgehead atoms. The molecule has 1 saturated carbocycles. The molecule has 37 heavy (non-hydrogen) atoms. The fourth-order valence-electron chi connectivity index (χ4n) is 5.48. The molecule has 2 aliphatic carbocycles. The molecule has 1 aromatic rings. The maximum atomic E-state index is 13.7. The normalized spacial score (nSPS) is 25.2. The van der Waals surface area contributed by atoms with Gasteiger partial charge in [0.05, 0.1) is 22.2 Å². The van der Waals surface area contributed by atoms with Gasteiger partial charge in [0.2, 0.25) is 17.7 Å². The summed E-state index contributed by atoms with van der Waals surface area (Å²) in [6.45, 7) is 8.29. The van der Waals surface area contributed by atoms with Crippen molar-refractivity contribution in [2.45, 2.75) is 84.4 Å². The minimum Gasteiger partial charge on any atom is -0.391 e. The summed E-state index contributed by atoms with van der Waals surface area (Å²) in [7, 11) is 0. The van der Waals surface area contributed by atoms with Gasteiger partial charge in [0.1, 0.15) is 12.1 Å². The van der Waals surface area contributed by atoms with Gasteiger partial charge in [-0.3, -0.25) is 14.4 Å². The van der Waals surface area contributed by atoms with Crippen molar-refractivity contribution in [2.24, 2.45) is 17.3 Å². The number of hydrogen-bond acceptors (Lipinski definition) is 6. The van der Waals surface area contributed by atoms with Gasteiger partial charge >= 0.3 is 0 Å². The topological polar surface area (TPSA) is 112 Å². The van der Waals surface area contributed by atoms with Gasteiger partial charge in [-0.05, 0) is 43.1 Å². The van der Waals surface area contributed by atoms with Crippen molar-refractivity contribution in [3.63, 3.8) is 0 Å². The van der Waals surface area contributed by atoms with Gasteiger partial charge in [0, 0.05) is 25.4 Å². The van der Waals surface area contributed by atoms with Crippen LogP contribution in [0.4, 0.5) is 0 Å². The van der Waals surface area contributed by atoms with Crippen LogP contribution in [0.1, 0.15) is 69.9 Å². The number of aryl methyl sites for hydroxylation is 1. The van der Waals surface area contributed by atoms with Crippen molar-refractivity contribution in [3.05, 3.63) is 34.3 Å². The number of likely N-dealkylation sites (tertiary alicyclic amines) is 1. The molecule has 9 heteroatoms. The Morgan fingerprint density at radius 3 is 2.54 bits per heavy atom. The van der Waals surface area contributed by atoms with Gasteiger partial charge in [-0.2, -0.15) is 0 Å². The summed E-state index contributed by atoms with van der Waals surface area (Å²) in [4.78, 5) is 46.7. The Morgan fingerprint density at radius 1 is 1.22 bits per heavy atom. The average molecular weight is 529 g/mol. The molecule has 2 fully saturated rings. The highest BCUT2D eigenvalue weighted by atomic mass is 32.1. The van der Waals surface area contributed by atoms with Crippen LogP contribution in [0.2, 0.25) is 0 Å². The molecule has 1 aromatic heterocycles. The number of amides is 3. The lowest BCUT2D eigenvalue weighted by molar-refractivity contribution is -0.144. The first-order valence-electron chi connectivity index (χ1n) is 13.4. The first kappa shape index (κ1) is 27.5. The van der Waals surface area contributed by atoms with Crippen LogP contribution in [-0.2, 0) is 14.4 Å². The Balaban J connectivity index is 1.37. The van der Waals surface area contributed by atoms with E-state index in [4.69, 9.17) is 0 Å². The summed E-state index contributed by atoms with van der Waals surface area (Å²) in [6, 6.07) is -1.52. The Morgan fingerprint density at radius 2 is 1.95 bits per heavy atom. The number of carbonyl (C=O) groups is 3. The quantitative estimate of drug-likeness (QED) is 0.503. The van der Waals surface area contributed by atoms with E-state index in [0.29, 0.717) is 6.54 Å². The zero-order valence-electron chi connectivity index (χ0n) is 22.3. The molecule has 0 unspecified atom stereocenters. The van der Waals surface area contributed by atoms with Gasteiger partial charge < -0.3 is 20.6 Å². The van der Waals surface area contributed by atoms with E-state index < -0.39 is 23.6 Å². The van der Waals surface area contributed by atoms with E-state index in [1.165, 1.54) is 9.78 Å². The number of allylic oxidation sites excluding steroid dienone is 3. The molecule has 1 saturated heterocycles. The van der Waals surface area contributed by atoms with Gasteiger partial charge in [-0.25, -0.2) is 4.98 Å². The molecule has 0 spiro atoms. The van der Waals surface area contributed by atoms with Gasteiger partial charge in [0.25, 0.3) is 0 Å². The number of aliphatic hydroxyl groups is 1. The van der Waals surface area contributed by atoms with Crippen LogP contribution in [0.3, 0.4) is 0 Å². The second kappa shape index (κ2) is 11.5. The van der Waals surface area contributed by atoms with Crippen molar-refractivity contribution in [2.75, 3.05) is 13.1 Å². The number of aromatic nitrogens is 1. The number of rotatable bonds is 7. The zero-order valence-corrected chi connectivity index (χ0v) is 23.1. The van der Waals surface area contributed by atoms with E-state index in [0.717, 1.165) is 43.4 Å². The smallest absolute Gasteiger partial charge is 0.246 e. The number of nitrogens with zero attached hydrogens (tertiary/aromatic N) is 2. The SMILES string of the molecule is Cc1ncsc1C1=CC[C@H](CNC(=O)[C@@H]2C[C@@H](O)CN2C(=O)[C@@H](NC(=O)C2CCCC2)C(C)(C)C)C=C1. The second-order valence-electron chi connectivity index (χ2n) is 11.7. The predicted molar refractivity (Wildman–Crippen MR) is 145 cm³/mol. The van der Waals surface area contributed by atoms with Crippen molar-refractivity contribution in [1.29, 1.82) is 0 Å². The number of β-amino-alcohol motifs (C(OH)–C–C–N with tert-alkyl or cyclic N) is 1. The Bertz CT molecular complexity index is 1070. The second-order valence-corrected chi connectivity index (χ2v) is 12.6. The van der Waals surface area contributed by atoms with E-state index in [1.54, 1.807) is 11.3 Å². The van der Waals surface area contributed by atoms with Crippen LogP contribution >= 0.6 is 11.3 Å². The molecule has 1 aliphatic heterocycles. The standard InChI is InChI=1S/C28H40N4O4S/c1-17-23(37-16-30-17)19-11-9-18(10-12-19)14-29-26(35)22-13-21(33)15-32(22)27(36)24(28(2,3)4)31-25(34)20-7-5-6-8-20/h9,11-12,16,18,20-22,24,33H,5-8,10,13-15H2,1-4H3,(H,29,35)(H,31,34)/t18-,21-,22+,24-/m1/s1. The molecule has 0 aromatic carbocycles. The number of nitrogens with one attached hydrogen (secondary N) is 2. The largest absolute Gasteiger partial charge is 0.391 e. The first-order valence-corrected chi connectivity index (χ1v) is 14.3. The van der Waals surface area contributed by atoms with Crippen LogP contribution in [0, 0.1) is 24.2 Å². The number of hydrogen-bond donors (Lipinski definition) is 3. The average Bonchev–Trinajstić information content (AvgIpc) is 3.61. The molecule has 3 N–H and O–H groups in total.